The molecule has 2 rings (SSSR count). The summed E-state index contributed by atoms with van der Waals surface area (Å²) in [5.41, 5.74) is 2.04. The first kappa shape index (κ1) is 26.2. The van der Waals surface area contributed by atoms with Crippen LogP contribution in [0.15, 0.2) is 48.8 Å². The van der Waals surface area contributed by atoms with Gasteiger partial charge in [-0.2, -0.15) is 0 Å². The van der Waals surface area contributed by atoms with Crippen LogP contribution >= 0.6 is 0 Å². The fourth-order valence-electron chi connectivity index (χ4n) is 3.19. The van der Waals surface area contributed by atoms with Crippen LogP contribution in [0, 0.1) is 0 Å². The first-order valence-electron chi connectivity index (χ1n) is 12.0. The van der Waals surface area contributed by atoms with Gasteiger partial charge in [-0.1, -0.05) is 56.7 Å². The summed E-state index contributed by atoms with van der Waals surface area (Å²) < 4.78 is 10.6. The van der Waals surface area contributed by atoms with Crippen molar-refractivity contribution in [2.75, 3.05) is 0 Å². The molecule has 178 valence electrons. The maximum absolute atomic E-state index is 12.0. The Morgan fingerprint density at radius 3 is 2.33 bits per heavy atom. The monoisotopic (exact) mass is 452 g/mol. The molecule has 1 atom stereocenters. The highest BCUT2D eigenvalue weighted by molar-refractivity contribution is 5.72. The highest BCUT2D eigenvalue weighted by Crippen LogP contribution is 2.19. The van der Waals surface area contributed by atoms with Crippen LogP contribution < -0.4 is 4.74 Å². The van der Waals surface area contributed by atoms with Crippen LogP contribution in [0.1, 0.15) is 77.7 Å². The van der Waals surface area contributed by atoms with Crippen molar-refractivity contribution in [1.82, 2.24) is 9.97 Å². The number of carbonyl (C=O) groups excluding carboxylic acids is 2. The van der Waals surface area contributed by atoms with Crippen molar-refractivity contribution in [2.45, 2.75) is 84.7 Å². The average molecular weight is 453 g/mol. The molecule has 0 aliphatic carbocycles. The minimum Gasteiger partial charge on any atom is -0.463 e. The standard InChI is InChI=1S/C27H36N2O4/c1-4-6-7-8-9-10-11-12-26(31)33-24-19-28-27(29-20-24)23-17-15-22(16-18-23)14-13-21(3)32-25(30)5-2/h7-8,15-21H,4-6,9-14H2,1-3H3/b8-7+. The molecule has 0 spiro atoms. The summed E-state index contributed by atoms with van der Waals surface area (Å²) in [6.45, 7) is 5.86. The molecule has 0 aliphatic rings. The Kier molecular flexibility index (Phi) is 11.9. The summed E-state index contributed by atoms with van der Waals surface area (Å²) in [5.74, 6) is 0.510. The van der Waals surface area contributed by atoms with Gasteiger partial charge in [-0.3, -0.25) is 9.59 Å². The molecule has 0 fully saturated rings. The molecular formula is C27H36N2O4. The number of unbranched alkanes of at least 4 members (excludes halogenated alkanes) is 3. The van der Waals surface area contributed by atoms with E-state index in [0.717, 1.165) is 56.1 Å². The molecule has 0 aliphatic heterocycles. The number of carbonyl (C=O) groups is 2. The minimum absolute atomic E-state index is 0.0988. The van der Waals surface area contributed by atoms with Crippen LogP contribution in [-0.2, 0) is 20.7 Å². The first-order chi connectivity index (χ1) is 16.0. The molecule has 0 radical (unpaired) electrons. The third kappa shape index (κ3) is 10.4. The molecular weight excluding hydrogens is 416 g/mol. The van der Waals surface area contributed by atoms with Gasteiger partial charge in [-0.25, -0.2) is 9.97 Å². The number of aryl methyl sites for hydroxylation is 1. The molecule has 0 bridgehead atoms. The molecule has 6 heteroatoms. The van der Waals surface area contributed by atoms with Crippen LogP contribution in [0.5, 0.6) is 5.75 Å². The van der Waals surface area contributed by atoms with Gasteiger partial charge in [0.15, 0.2) is 11.6 Å². The predicted octanol–water partition coefficient (Wildman–Crippen LogP) is 6.24. The highest BCUT2D eigenvalue weighted by atomic mass is 16.5. The molecule has 2 aromatic rings. The maximum Gasteiger partial charge on any atom is 0.311 e. The lowest BCUT2D eigenvalue weighted by Crippen LogP contribution is -2.14. The lowest BCUT2D eigenvalue weighted by molar-refractivity contribution is -0.148. The number of ether oxygens (including phenoxy) is 2. The largest absolute Gasteiger partial charge is 0.463 e. The smallest absolute Gasteiger partial charge is 0.311 e. The maximum atomic E-state index is 12.0. The van der Waals surface area contributed by atoms with E-state index in [2.05, 4.69) is 29.0 Å². The van der Waals surface area contributed by atoms with Gasteiger partial charge >= 0.3 is 11.9 Å². The zero-order valence-corrected chi connectivity index (χ0v) is 20.1. The molecule has 0 amide bonds. The second-order valence-corrected chi connectivity index (χ2v) is 8.11. The molecule has 0 saturated carbocycles. The molecule has 1 aromatic carbocycles. The summed E-state index contributed by atoms with van der Waals surface area (Å²) in [7, 11) is 0. The average Bonchev–Trinajstić information content (AvgIpc) is 2.83. The van der Waals surface area contributed by atoms with Crippen LogP contribution in [0.3, 0.4) is 0 Å². The van der Waals surface area contributed by atoms with Gasteiger partial charge in [0.2, 0.25) is 0 Å². The molecule has 1 heterocycles. The molecule has 1 aromatic heterocycles. The molecule has 0 N–H and O–H groups in total. The third-order valence-electron chi connectivity index (χ3n) is 5.16. The second-order valence-electron chi connectivity index (χ2n) is 8.11. The highest BCUT2D eigenvalue weighted by Gasteiger charge is 2.09. The summed E-state index contributed by atoms with van der Waals surface area (Å²) in [4.78, 5) is 32.0. The Morgan fingerprint density at radius 1 is 0.970 bits per heavy atom. The van der Waals surface area contributed by atoms with Crippen molar-refractivity contribution in [3.05, 3.63) is 54.4 Å². The summed E-state index contributed by atoms with van der Waals surface area (Å²) in [6, 6.07) is 7.99. The van der Waals surface area contributed by atoms with Gasteiger partial charge < -0.3 is 9.47 Å². The Morgan fingerprint density at radius 2 is 1.67 bits per heavy atom. The van der Waals surface area contributed by atoms with Gasteiger partial charge in [0.1, 0.15) is 0 Å². The second kappa shape index (κ2) is 14.9. The van der Waals surface area contributed by atoms with Crippen molar-refractivity contribution in [1.29, 1.82) is 0 Å². The normalized spacial score (nSPS) is 12.0. The SMILES string of the molecule is CCC/C=C/CCCCC(=O)Oc1cnc(-c2ccc(CCC(C)OC(=O)CC)cc2)nc1. The Balaban J connectivity index is 1.76. The van der Waals surface area contributed by atoms with Crippen molar-refractivity contribution >= 4 is 11.9 Å². The quantitative estimate of drug-likeness (QED) is 0.192. The Hall–Kier alpha value is -3.02. The molecule has 0 saturated heterocycles. The Bertz CT molecular complexity index is 876. The van der Waals surface area contributed by atoms with Crippen molar-refractivity contribution in [2.24, 2.45) is 0 Å². The third-order valence-corrected chi connectivity index (χ3v) is 5.16. The summed E-state index contributed by atoms with van der Waals surface area (Å²) in [5, 5.41) is 0. The topological polar surface area (TPSA) is 78.4 Å². The fourth-order valence-corrected chi connectivity index (χ4v) is 3.19. The fraction of sp³-hybridized carbons (Fsp3) is 0.481. The van der Waals surface area contributed by atoms with E-state index in [1.54, 1.807) is 6.92 Å². The number of hydrogen-bond donors (Lipinski definition) is 0. The van der Waals surface area contributed by atoms with Crippen molar-refractivity contribution < 1.29 is 19.1 Å². The number of nitrogens with zero attached hydrogens (tertiary/aromatic N) is 2. The zero-order chi connectivity index (χ0) is 23.9. The summed E-state index contributed by atoms with van der Waals surface area (Å²) in [6.07, 6.45) is 14.8. The van der Waals surface area contributed by atoms with E-state index < -0.39 is 0 Å². The van der Waals surface area contributed by atoms with E-state index in [1.165, 1.54) is 12.4 Å². The van der Waals surface area contributed by atoms with Crippen molar-refractivity contribution in [3.63, 3.8) is 0 Å². The van der Waals surface area contributed by atoms with E-state index in [0.29, 0.717) is 24.4 Å². The number of esters is 2. The van der Waals surface area contributed by atoms with Gasteiger partial charge in [0.05, 0.1) is 18.5 Å². The van der Waals surface area contributed by atoms with E-state index in [-0.39, 0.29) is 18.0 Å². The van der Waals surface area contributed by atoms with E-state index in [4.69, 9.17) is 9.47 Å². The molecule has 1 unspecified atom stereocenters. The van der Waals surface area contributed by atoms with E-state index in [9.17, 15) is 9.59 Å². The number of aromatic nitrogens is 2. The van der Waals surface area contributed by atoms with Crippen LogP contribution in [0.4, 0.5) is 0 Å². The van der Waals surface area contributed by atoms with E-state index >= 15 is 0 Å². The lowest BCUT2D eigenvalue weighted by atomic mass is 10.1. The molecule has 33 heavy (non-hydrogen) atoms. The number of allylic oxidation sites excluding steroid dienone is 2. The van der Waals surface area contributed by atoms with Gasteiger partial charge in [-0.05, 0) is 51.0 Å². The van der Waals surface area contributed by atoms with E-state index in [1.807, 2.05) is 31.2 Å². The zero-order valence-electron chi connectivity index (χ0n) is 20.1. The summed E-state index contributed by atoms with van der Waals surface area (Å²) >= 11 is 0. The predicted molar refractivity (Wildman–Crippen MR) is 130 cm³/mol. The van der Waals surface area contributed by atoms with Crippen LogP contribution in [0.2, 0.25) is 0 Å². The van der Waals surface area contributed by atoms with Gasteiger partial charge in [-0.15, -0.1) is 0 Å². The van der Waals surface area contributed by atoms with Crippen molar-refractivity contribution in [3.8, 4) is 17.1 Å². The first-order valence-corrected chi connectivity index (χ1v) is 12.0. The number of rotatable bonds is 14. The van der Waals surface area contributed by atoms with Gasteiger partial charge in [0.25, 0.3) is 0 Å². The number of hydrogen-bond acceptors (Lipinski definition) is 6. The van der Waals surface area contributed by atoms with Gasteiger partial charge in [0, 0.05) is 18.4 Å². The van der Waals surface area contributed by atoms with Crippen LogP contribution in [-0.4, -0.2) is 28.0 Å². The minimum atomic E-state index is -0.257. The Labute approximate surface area is 197 Å². The van der Waals surface area contributed by atoms with Crippen LogP contribution in [0.25, 0.3) is 11.4 Å². The number of benzene rings is 1. The lowest BCUT2D eigenvalue weighted by Gasteiger charge is -2.12. The molecule has 6 nitrogen and oxygen atoms in total.